The lowest BCUT2D eigenvalue weighted by molar-refractivity contribution is -0.000136. The number of β-amino-alcohol motifs (C(OH)–C–C–N with tert-alkyl or cyclic N) is 1. The largest absolute Gasteiger partial charge is 0.386 e. The molecule has 1 atom stereocenters. The molecule has 1 N–H and O–H groups in total. The maximum atomic E-state index is 13.1. The molecule has 0 unspecified atom stereocenters. The van der Waals surface area contributed by atoms with Gasteiger partial charge in [-0.05, 0) is 38.0 Å². The summed E-state index contributed by atoms with van der Waals surface area (Å²) in [6.45, 7) is 4.70. The molecule has 1 aliphatic rings. The number of aryl methyl sites for hydroxylation is 1. The van der Waals surface area contributed by atoms with Crippen LogP contribution in [0.2, 0.25) is 0 Å². The van der Waals surface area contributed by atoms with Crippen molar-refractivity contribution in [3.05, 3.63) is 48.2 Å². The second-order valence-corrected chi connectivity index (χ2v) is 8.56. The number of carbonyl (C=O) groups excluding carboxylic acids is 1. The number of piperidine rings is 1. The van der Waals surface area contributed by atoms with Crippen molar-refractivity contribution >= 4 is 22.8 Å². The first kappa shape index (κ1) is 22.2. The van der Waals surface area contributed by atoms with Gasteiger partial charge in [0.05, 0.1) is 36.1 Å². The van der Waals surface area contributed by atoms with Gasteiger partial charge in [0.2, 0.25) is 0 Å². The molecule has 0 radical (unpaired) electrons. The van der Waals surface area contributed by atoms with E-state index in [4.69, 9.17) is 4.74 Å². The number of imidazole rings is 1. The Bertz CT molecular complexity index is 1100. The van der Waals surface area contributed by atoms with E-state index in [1.165, 1.54) is 0 Å². The van der Waals surface area contributed by atoms with Crippen LogP contribution >= 0.6 is 0 Å². The summed E-state index contributed by atoms with van der Waals surface area (Å²) in [5.41, 5.74) is 2.16. The molecule has 4 rings (SSSR count). The second kappa shape index (κ2) is 9.22. The topological polar surface area (TPSA) is 96.6 Å². The van der Waals surface area contributed by atoms with E-state index in [-0.39, 0.29) is 12.5 Å². The number of nitrogens with zero attached hydrogens (tertiary/aromatic N) is 6. The lowest BCUT2D eigenvalue weighted by Crippen LogP contribution is -2.54. The van der Waals surface area contributed by atoms with Crippen molar-refractivity contribution in [1.82, 2.24) is 24.4 Å². The van der Waals surface area contributed by atoms with Gasteiger partial charge in [-0.3, -0.25) is 4.79 Å². The summed E-state index contributed by atoms with van der Waals surface area (Å²) in [5.74, 6) is 0.667. The van der Waals surface area contributed by atoms with Crippen LogP contribution in [0.1, 0.15) is 28.9 Å². The summed E-state index contributed by atoms with van der Waals surface area (Å²) in [6, 6.07) is 7.44. The summed E-state index contributed by atoms with van der Waals surface area (Å²) < 4.78 is 7.14. The molecule has 0 bridgehead atoms. The number of fused-ring (bicyclic) bond motifs is 1. The lowest BCUT2D eigenvalue weighted by Gasteiger charge is -2.41. The van der Waals surface area contributed by atoms with Crippen molar-refractivity contribution in [2.24, 2.45) is 0 Å². The zero-order chi connectivity index (χ0) is 22.7. The Morgan fingerprint density at radius 2 is 2.12 bits per heavy atom. The van der Waals surface area contributed by atoms with Crippen LogP contribution in [0, 0.1) is 6.92 Å². The molecule has 1 aromatic carbocycles. The molecule has 1 aliphatic heterocycles. The van der Waals surface area contributed by atoms with E-state index in [1.807, 2.05) is 29.7 Å². The van der Waals surface area contributed by atoms with Gasteiger partial charge in [-0.1, -0.05) is 0 Å². The molecule has 0 spiro atoms. The molecule has 9 heteroatoms. The van der Waals surface area contributed by atoms with Crippen molar-refractivity contribution in [3.63, 3.8) is 0 Å². The molecular formula is C23H30N6O3. The van der Waals surface area contributed by atoms with E-state index in [0.29, 0.717) is 31.7 Å². The number of anilines is 1. The molecule has 1 saturated heterocycles. The lowest BCUT2D eigenvalue weighted by atomic mass is 9.92. The monoisotopic (exact) mass is 438 g/mol. The number of hydrogen-bond donors (Lipinski definition) is 1. The van der Waals surface area contributed by atoms with Crippen LogP contribution in [0.5, 0.6) is 0 Å². The van der Waals surface area contributed by atoms with Crippen LogP contribution in [-0.2, 0) is 11.3 Å². The smallest absolute Gasteiger partial charge is 0.253 e. The van der Waals surface area contributed by atoms with Gasteiger partial charge in [-0.15, -0.1) is 0 Å². The van der Waals surface area contributed by atoms with E-state index in [0.717, 1.165) is 35.5 Å². The number of likely N-dealkylation sites (N-methyl/N-ethyl adjacent to an activating group) is 1. The van der Waals surface area contributed by atoms with Crippen LogP contribution < -0.4 is 4.90 Å². The molecule has 32 heavy (non-hydrogen) atoms. The van der Waals surface area contributed by atoms with E-state index in [1.54, 1.807) is 37.8 Å². The quantitative estimate of drug-likeness (QED) is 0.602. The Kier molecular flexibility index (Phi) is 6.38. The summed E-state index contributed by atoms with van der Waals surface area (Å²) in [5, 5.41) is 11.3. The van der Waals surface area contributed by atoms with E-state index in [9.17, 15) is 9.90 Å². The first-order valence-electron chi connectivity index (χ1n) is 10.8. The third-order valence-electron chi connectivity index (χ3n) is 5.95. The predicted molar refractivity (Wildman–Crippen MR) is 122 cm³/mol. The number of carbonyl (C=O) groups is 1. The maximum Gasteiger partial charge on any atom is 0.253 e. The fourth-order valence-corrected chi connectivity index (χ4v) is 4.35. The second-order valence-electron chi connectivity index (χ2n) is 8.56. The predicted octanol–water partition coefficient (Wildman–Crippen LogP) is 1.88. The Morgan fingerprint density at radius 1 is 1.28 bits per heavy atom. The maximum absolute atomic E-state index is 13.1. The van der Waals surface area contributed by atoms with E-state index >= 15 is 0 Å². The molecule has 9 nitrogen and oxygen atoms in total. The number of methoxy groups -OCH3 is 1. The molecule has 170 valence electrons. The van der Waals surface area contributed by atoms with Crippen molar-refractivity contribution in [2.45, 2.75) is 31.9 Å². The highest BCUT2D eigenvalue weighted by Crippen LogP contribution is 2.26. The Labute approximate surface area is 187 Å². The van der Waals surface area contributed by atoms with Crippen molar-refractivity contribution in [2.75, 3.05) is 45.3 Å². The minimum Gasteiger partial charge on any atom is -0.386 e. The summed E-state index contributed by atoms with van der Waals surface area (Å²) in [6.07, 6.45) is 4.76. The fourth-order valence-electron chi connectivity index (χ4n) is 4.35. The van der Waals surface area contributed by atoms with E-state index < -0.39 is 5.60 Å². The van der Waals surface area contributed by atoms with Gasteiger partial charge in [-0.2, -0.15) is 0 Å². The van der Waals surface area contributed by atoms with Gasteiger partial charge in [0, 0.05) is 51.1 Å². The van der Waals surface area contributed by atoms with Gasteiger partial charge >= 0.3 is 0 Å². The minimum absolute atomic E-state index is 0.137. The van der Waals surface area contributed by atoms with Crippen LogP contribution in [0.3, 0.4) is 0 Å². The van der Waals surface area contributed by atoms with Gasteiger partial charge in [0.15, 0.2) is 0 Å². The molecule has 0 saturated carbocycles. The first-order valence-corrected chi connectivity index (χ1v) is 10.8. The van der Waals surface area contributed by atoms with E-state index in [2.05, 4.69) is 19.9 Å². The number of amides is 1. The minimum atomic E-state index is -1.01. The average molecular weight is 439 g/mol. The average Bonchev–Trinajstić information content (AvgIpc) is 3.19. The van der Waals surface area contributed by atoms with Crippen molar-refractivity contribution in [3.8, 4) is 0 Å². The molecule has 3 heterocycles. The van der Waals surface area contributed by atoms with Gasteiger partial charge in [0.25, 0.3) is 5.91 Å². The number of hydrogen-bond acceptors (Lipinski definition) is 7. The number of aliphatic hydroxyl groups is 1. The summed E-state index contributed by atoms with van der Waals surface area (Å²) in [4.78, 5) is 29.7. The first-order chi connectivity index (χ1) is 15.4. The molecule has 2 aromatic heterocycles. The molecule has 0 aliphatic carbocycles. The highest BCUT2D eigenvalue weighted by Gasteiger charge is 2.36. The Hall–Kier alpha value is -3.04. The number of rotatable bonds is 7. The van der Waals surface area contributed by atoms with Gasteiger partial charge < -0.3 is 24.2 Å². The van der Waals surface area contributed by atoms with Crippen LogP contribution in [0.25, 0.3) is 11.0 Å². The van der Waals surface area contributed by atoms with Crippen molar-refractivity contribution in [1.29, 1.82) is 0 Å². The fraction of sp³-hybridized carbons (Fsp3) is 0.478. The normalized spacial score (nSPS) is 18.8. The molecule has 3 aromatic rings. The zero-order valence-corrected chi connectivity index (χ0v) is 18.9. The Morgan fingerprint density at radius 3 is 2.91 bits per heavy atom. The Balaban J connectivity index is 1.45. The summed E-state index contributed by atoms with van der Waals surface area (Å²) in [7, 11) is 3.40. The van der Waals surface area contributed by atoms with Crippen molar-refractivity contribution < 1.29 is 14.6 Å². The third kappa shape index (κ3) is 4.73. The van der Waals surface area contributed by atoms with Crippen LogP contribution in [0.4, 0.5) is 5.82 Å². The zero-order valence-electron chi connectivity index (χ0n) is 18.9. The number of benzene rings is 1. The highest BCUT2D eigenvalue weighted by atomic mass is 16.5. The van der Waals surface area contributed by atoms with Crippen LogP contribution in [0.15, 0.2) is 36.9 Å². The SMILES string of the molecule is COCCn1cnc2cc(C(=O)N(C)C[C@]3(O)CCCN(c4cc(C)ncn4)C3)ccc21. The highest BCUT2D eigenvalue weighted by molar-refractivity contribution is 5.97. The van der Waals surface area contributed by atoms with Crippen LogP contribution in [-0.4, -0.2) is 81.4 Å². The molecular weight excluding hydrogens is 408 g/mol. The summed E-state index contributed by atoms with van der Waals surface area (Å²) >= 11 is 0. The standard InChI is InChI=1S/C23H30N6O3/c1-17-11-21(25-15-24-17)28-8-4-7-23(31,14-28)13-27(2)22(30)18-5-6-20-19(12-18)26-16-29(20)9-10-32-3/h5-6,11-12,15-16,31H,4,7-10,13-14H2,1-3H3/t23-/m1/s1. The number of ether oxygens (including phenoxy) is 1. The van der Waals surface area contributed by atoms with Gasteiger partial charge in [0.1, 0.15) is 12.1 Å². The molecule has 1 amide bonds. The van der Waals surface area contributed by atoms with Gasteiger partial charge in [-0.25, -0.2) is 15.0 Å². The third-order valence-corrected chi connectivity index (χ3v) is 5.95. The molecule has 1 fully saturated rings. The number of aromatic nitrogens is 4.